The van der Waals surface area contributed by atoms with Crippen LogP contribution in [0.1, 0.15) is 41.7 Å². The van der Waals surface area contributed by atoms with Gasteiger partial charge in [-0.15, -0.1) is 0 Å². The van der Waals surface area contributed by atoms with Crippen LogP contribution in [0.2, 0.25) is 0 Å². The predicted molar refractivity (Wildman–Crippen MR) is 97.7 cm³/mol. The number of para-hydroxylation sites is 1. The van der Waals surface area contributed by atoms with Crippen LogP contribution < -0.4 is 10.6 Å². The number of nitrogens with one attached hydrogen (secondary N) is 2. The van der Waals surface area contributed by atoms with Gasteiger partial charge in [0.05, 0.1) is 0 Å². The molecule has 0 fully saturated rings. The van der Waals surface area contributed by atoms with Crippen molar-refractivity contribution in [1.29, 1.82) is 0 Å². The summed E-state index contributed by atoms with van der Waals surface area (Å²) >= 11 is 0. The maximum atomic E-state index is 13.9. The van der Waals surface area contributed by atoms with Crippen molar-refractivity contribution in [3.8, 4) is 0 Å². The summed E-state index contributed by atoms with van der Waals surface area (Å²) in [4.78, 5) is 25.1. The van der Waals surface area contributed by atoms with Crippen molar-refractivity contribution in [2.45, 2.75) is 26.3 Å². The van der Waals surface area contributed by atoms with Gasteiger partial charge >= 0.3 is 0 Å². The number of fused-ring (bicyclic) bond motifs is 1. The van der Waals surface area contributed by atoms with Crippen LogP contribution in [-0.4, -0.2) is 17.4 Å². The molecule has 3 rings (SSSR count). The number of furan rings is 1. The van der Waals surface area contributed by atoms with Crippen LogP contribution in [0.25, 0.3) is 11.0 Å². The molecule has 140 valence electrons. The highest BCUT2D eigenvalue weighted by atomic mass is 19.1. The lowest BCUT2D eigenvalue weighted by Crippen LogP contribution is -2.40. The zero-order valence-corrected chi connectivity index (χ0v) is 15.0. The zero-order valence-electron chi connectivity index (χ0n) is 15.0. The second-order valence-electron chi connectivity index (χ2n) is 7.06. The van der Waals surface area contributed by atoms with E-state index in [0.29, 0.717) is 11.0 Å². The molecule has 1 heterocycles. The highest BCUT2D eigenvalue weighted by Crippen LogP contribution is 2.32. The van der Waals surface area contributed by atoms with Crippen LogP contribution >= 0.6 is 0 Å². The number of amides is 2. The monoisotopic (exact) mass is 372 g/mol. The van der Waals surface area contributed by atoms with Crippen LogP contribution in [0.3, 0.4) is 0 Å². The lowest BCUT2D eigenvalue weighted by molar-refractivity contribution is 0.0894. The van der Waals surface area contributed by atoms with E-state index >= 15 is 0 Å². The standard InChI is InChI=1S/C20H18F2N2O3/c1-20(2,3)24-19(26)17-16(11-7-4-5-10-14(11)27-17)23-18(25)15-12(21)8-6-9-13(15)22/h4-10H,1-3H3,(H,23,25)(H,24,26). The molecule has 0 spiro atoms. The molecule has 3 aromatic rings. The molecule has 0 aliphatic rings. The average Bonchev–Trinajstić information content (AvgIpc) is 2.92. The van der Waals surface area contributed by atoms with E-state index in [1.54, 1.807) is 45.0 Å². The van der Waals surface area contributed by atoms with Crippen LogP contribution in [-0.2, 0) is 0 Å². The van der Waals surface area contributed by atoms with Gasteiger partial charge in [0.25, 0.3) is 11.8 Å². The van der Waals surface area contributed by atoms with Crippen LogP contribution in [0.4, 0.5) is 14.5 Å². The van der Waals surface area contributed by atoms with E-state index in [2.05, 4.69) is 10.6 Å². The Balaban J connectivity index is 2.06. The third-order valence-corrected chi connectivity index (χ3v) is 3.72. The minimum atomic E-state index is -1.01. The third kappa shape index (κ3) is 3.81. The molecular formula is C20H18F2N2O3. The number of benzene rings is 2. The van der Waals surface area contributed by atoms with E-state index in [4.69, 9.17) is 4.42 Å². The van der Waals surface area contributed by atoms with Crippen molar-refractivity contribution in [3.63, 3.8) is 0 Å². The maximum Gasteiger partial charge on any atom is 0.289 e. The van der Waals surface area contributed by atoms with Crippen molar-refractivity contribution < 1.29 is 22.8 Å². The highest BCUT2D eigenvalue weighted by molar-refractivity contribution is 6.14. The van der Waals surface area contributed by atoms with Gasteiger partial charge in [-0.3, -0.25) is 9.59 Å². The van der Waals surface area contributed by atoms with Crippen molar-refractivity contribution in [1.82, 2.24) is 5.32 Å². The van der Waals surface area contributed by atoms with E-state index < -0.39 is 34.6 Å². The molecule has 0 saturated carbocycles. The first-order chi connectivity index (χ1) is 12.7. The van der Waals surface area contributed by atoms with E-state index in [9.17, 15) is 18.4 Å². The highest BCUT2D eigenvalue weighted by Gasteiger charge is 2.27. The van der Waals surface area contributed by atoms with Crippen molar-refractivity contribution in [2.75, 3.05) is 5.32 Å². The molecule has 0 bridgehead atoms. The zero-order chi connectivity index (χ0) is 19.8. The summed E-state index contributed by atoms with van der Waals surface area (Å²) < 4.78 is 33.4. The minimum absolute atomic E-state index is 0.0556. The molecule has 2 aromatic carbocycles. The van der Waals surface area contributed by atoms with Gasteiger partial charge in [0, 0.05) is 10.9 Å². The topological polar surface area (TPSA) is 71.3 Å². The Hall–Kier alpha value is -3.22. The van der Waals surface area contributed by atoms with Gasteiger partial charge in [-0.2, -0.15) is 0 Å². The van der Waals surface area contributed by atoms with Crippen molar-refractivity contribution >= 4 is 28.5 Å². The van der Waals surface area contributed by atoms with Gasteiger partial charge < -0.3 is 15.1 Å². The second kappa shape index (κ2) is 6.83. The van der Waals surface area contributed by atoms with Crippen molar-refractivity contribution in [3.05, 3.63) is 65.4 Å². The van der Waals surface area contributed by atoms with Gasteiger partial charge in [-0.1, -0.05) is 18.2 Å². The largest absolute Gasteiger partial charge is 0.449 e. The molecule has 0 atom stereocenters. The first-order valence-electron chi connectivity index (χ1n) is 8.27. The first-order valence-corrected chi connectivity index (χ1v) is 8.27. The van der Waals surface area contributed by atoms with Gasteiger partial charge in [0.1, 0.15) is 28.5 Å². The summed E-state index contributed by atoms with van der Waals surface area (Å²) in [7, 11) is 0. The number of carbonyl (C=O) groups excluding carboxylic acids is 2. The van der Waals surface area contributed by atoms with Crippen LogP contribution in [0.5, 0.6) is 0 Å². The molecule has 0 saturated heterocycles. The quantitative estimate of drug-likeness (QED) is 0.711. The van der Waals surface area contributed by atoms with Gasteiger partial charge in [0.15, 0.2) is 0 Å². The van der Waals surface area contributed by atoms with E-state index in [1.807, 2.05) is 0 Å². The lowest BCUT2D eigenvalue weighted by atomic mass is 10.1. The fourth-order valence-corrected chi connectivity index (χ4v) is 2.62. The first kappa shape index (κ1) is 18.6. The maximum absolute atomic E-state index is 13.9. The van der Waals surface area contributed by atoms with Crippen LogP contribution in [0, 0.1) is 11.6 Å². The molecule has 27 heavy (non-hydrogen) atoms. The third-order valence-electron chi connectivity index (χ3n) is 3.72. The Kier molecular flexibility index (Phi) is 4.70. The average molecular weight is 372 g/mol. The van der Waals surface area contributed by atoms with E-state index in [1.165, 1.54) is 0 Å². The molecule has 0 aliphatic carbocycles. The number of carbonyl (C=O) groups is 2. The lowest BCUT2D eigenvalue weighted by Gasteiger charge is -2.20. The van der Waals surface area contributed by atoms with Crippen molar-refractivity contribution in [2.24, 2.45) is 0 Å². The molecular weight excluding hydrogens is 354 g/mol. The summed E-state index contributed by atoms with van der Waals surface area (Å²) in [6.45, 7) is 5.38. The SMILES string of the molecule is CC(C)(C)NC(=O)c1oc2ccccc2c1NC(=O)c1c(F)cccc1F. The fourth-order valence-electron chi connectivity index (χ4n) is 2.62. The Bertz CT molecular complexity index is 1020. The van der Waals surface area contributed by atoms with Gasteiger partial charge in [0.2, 0.25) is 5.76 Å². The Morgan fingerprint density at radius 2 is 1.56 bits per heavy atom. The van der Waals surface area contributed by atoms with E-state index in [0.717, 1.165) is 18.2 Å². The summed E-state index contributed by atoms with van der Waals surface area (Å²) in [6, 6.07) is 9.80. The molecule has 1 aromatic heterocycles. The fraction of sp³-hybridized carbons (Fsp3) is 0.200. The molecule has 5 nitrogen and oxygen atoms in total. The van der Waals surface area contributed by atoms with E-state index in [-0.39, 0.29) is 11.4 Å². The Morgan fingerprint density at radius 3 is 2.19 bits per heavy atom. The summed E-state index contributed by atoms with van der Waals surface area (Å²) in [5.41, 5.74) is -0.861. The molecule has 0 unspecified atom stereocenters. The second-order valence-corrected chi connectivity index (χ2v) is 7.06. The molecule has 0 aliphatic heterocycles. The Labute approximate surface area is 154 Å². The molecule has 2 amide bonds. The molecule has 0 radical (unpaired) electrons. The normalized spacial score (nSPS) is 11.4. The minimum Gasteiger partial charge on any atom is -0.449 e. The molecule has 2 N–H and O–H groups in total. The number of hydrogen-bond donors (Lipinski definition) is 2. The molecule has 7 heteroatoms. The number of hydrogen-bond acceptors (Lipinski definition) is 3. The van der Waals surface area contributed by atoms with Gasteiger partial charge in [-0.25, -0.2) is 8.78 Å². The summed E-state index contributed by atoms with van der Waals surface area (Å²) in [6.07, 6.45) is 0. The summed E-state index contributed by atoms with van der Waals surface area (Å²) in [5.74, 6) is -3.71. The number of rotatable bonds is 3. The van der Waals surface area contributed by atoms with Gasteiger partial charge in [-0.05, 0) is 45.0 Å². The van der Waals surface area contributed by atoms with Crippen LogP contribution in [0.15, 0.2) is 46.9 Å². The Morgan fingerprint density at radius 1 is 0.926 bits per heavy atom. The summed E-state index contributed by atoms with van der Waals surface area (Å²) in [5, 5.41) is 5.61. The predicted octanol–water partition coefficient (Wildman–Crippen LogP) is 4.49. The number of anilines is 1. The number of halogens is 2. The smallest absolute Gasteiger partial charge is 0.289 e.